The first-order valence-electron chi connectivity index (χ1n) is 4.97. The normalized spacial score (nSPS) is 11.3. The second kappa shape index (κ2) is 4.52. The molecule has 94 valence electrons. The van der Waals surface area contributed by atoms with Gasteiger partial charge < -0.3 is 11.1 Å². The van der Waals surface area contributed by atoms with Gasteiger partial charge in [0.05, 0.1) is 23.6 Å². The van der Waals surface area contributed by atoms with E-state index in [1.807, 2.05) is 0 Å². The Morgan fingerprint density at radius 1 is 1.11 bits per heavy atom. The molecule has 0 radical (unpaired) electrons. The first-order valence-corrected chi connectivity index (χ1v) is 4.97. The van der Waals surface area contributed by atoms with Crippen molar-refractivity contribution in [3.8, 4) is 0 Å². The van der Waals surface area contributed by atoms with E-state index >= 15 is 0 Å². The van der Waals surface area contributed by atoms with Crippen LogP contribution in [0.3, 0.4) is 0 Å². The lowest BCUT2D eigenvalue weighted by Crippen LogP contribution is -2.09. The maximum Gasteiger partial charge on any atom is 0.418 e. The lowest BCUT2D eigenvalue weighted by Gasteiger charge is -2.13. The number of nitrogens with two attached hydrogens (primary N) is 1. The van der Waals surface area contributed by atoms with Crippen molar-refractivity contribution in [2.75, 3.05) is 11.1 Å². The third-order valence-electron chi connectivity index (χ3n) is 2.15. The van der Waals surface area contributed by atoms with Crippen molar-refractivity contribution < 1.29 is 13.2 Å². The molecule has 2 rings (SSSR count). The van der Waals surface area contributed by atoms with Gasteiger partial charge in [0.1, 0.15) is 5.82 Å². The molecular weight excluding hydrogens is 245 g/mol. The summed E-state index contributed by atoms with van der Waals surface area (Å²) in [6, 6.07) is 5.12. The smallest absolute Gasteiger partial charge is 0.382 e. The largest absolute Gasteiger partial charge is 0.418 e. The van der Waals surface area contributed by atoms with E-state index in [1.54, 1.807) is 0 Å². The maximum atomic E-state index is 12.7. The van der Waals surface area contributed by atoms with Crippen LogP contribution in [-0.2, 0) is 6.18 Å². The minimum absolute atomic E-state index is 0.0927. The molecule has 0 bridgehead atoms. The number of nitrogens with one attached hydrogen (secondary N) is 1. The van der Waals surface area contributed by atoms with Gasteiger partial charge in [-0.15, -0.1) is 0 Å². The van der Waals surface area contributed by atoms with Crippen LogP contribution < -0.4 is 11.1 Å². The first-order chi connectivity index (χ1) is 8.47. The number of hydrogen-bond donors (Lipinski definition) is 2. The van der Waals surface area contributed by atoms with Gasteiger partial charge in [-0.3, -0.25) is 4.98 Å². The van der Waals surface area contributed by atoms with Gasteiger partial charge in [-0.25, -0.2) is 4.98 Å². The van der Waals surface area contributed by atoms with Crippen molar-refractivity contribution >= 4 is 17.3 Å². The van der Waals surface area contributed by atoms with Crippen molar-refractivity contribution in [3.05, 3.63) is 42.2 Å². The first kappa shape index (κ1) is 12.2. The summed E-state index contributed by atoms with van der Waals surface area (Å²) in [5.74, 6) is 0.288. The van der Waals surface area contributed by atoms with Gasteiger partial charge in [-0.2, -0.15) is 13.2 Å². The van der Waals surface area contributed by atoms with E-state index < -0.39 is 11.7 Å². The van der Waals surface area contributed by atoms with Crippen LogP contribution in [0.15, 0.2) is 36.7 Å². The van der Waals surface area contributed by atoms with Gasteiger partial charge >= 0.3 is 6.18 Å². The number of nitrogens with zero attached hydrogens (tertiary/aromatic N) is 2. The molecule has 0 aliphatic rings. The van der Waals surface area contributed by atoms with Gasteiger partial charge in [0.25, 0.3) is 0 Å². The van der Waals surface area contributed by atoms with E-state index in [0.717, 1.165) is 6.07 Å². The number of alkyl halides is 3. The molecule has 1 aromatic heterocycles. The molecule has 0 spiro atoms. The third kappa shape index (κ3) is 2.68. The number of hydrogen-bond acceptors (Lipinski definition) is 4. The van der Waals surface area contributed by atoms with E-state index in [-0.39, 0.29) is 17.3 Å². The highest BCUT2D eigenvalue weighted by molar-refractivity contribution is 5.61. The fourth-order valence-electron chi connectivity index (χ4n) is 1.42. The Bertz CT molecular complexity index is 554. The molecule has 0 saturated carbocycles. The van der Waals surface area contributed by atoms with E-state index in [1.165, 1.54) is 30.6 Å². The minimum Gasteiger partial charge on any atom is -0.382 e. The predicted molar refractivity (Wildman–Crippen MR) is 61.2 cm³/mol. The minimum atomic E-state index is -4.43. The molecule has 0 unspecified atom stereocenters. The standard InChI is InChI=1S/C11H9F3N4/c12-11(13,14)7-3-1-2-4-8(7)17-10-6-16-5-9(15)18-10/h1-6H,(H3,15,17,18). The number of benzene rings is 1. The SMILES string of the molecule is Nc1cncc(Nc2ccccc2C(F)(F)F)n1. The molecule has 3 N–H and O–H groups in total. The number of anilines is 3. The fourth-order valence-corrected chi connectivity index (χ4v) is 1.42. The van der Waals surface area contributed by atoms with Crippen LogP contribution in [0.25, 0.3) is 0 Å². The second-order valence-corrected chi connectivity index (χ2v) is 3.50. The summed E-state index contributed by atoms with van der Waals surface area (Å²) < 4.78 is 38.2. The molecule has 0 fully saturated rings. The van der Waals surface area contributed by atoms with Crippen molar-refractivity contribution in [1.82, 2.24) is 9.97 Å². The zero-order valence-electron chi connectivity index (χ0n) is 9.07. The maximum absolute atomic E-state index is 12.7. The summed E-state index contributed by atoms with van der Waals surface area (Å²) in [5, 5.41) is 2.55. The molecule has 0 aliphatic heterocycles. The van der Waals surface area contributed by atoms with E-state index in [9.17, 15) is 13.2 Å². The van der Waals surface area contributed by atoms with Crippen LogP contribution in [0, 0.1) is 0 Å². The van der Waals surface area contributed by atoms with Crippen LogP contribution in [0.5, 0.6) is 0 Å². The molecular formula is C11H9F3N4. The molecule has 0 amide bonds. The highest BCUT2D eigenvalue weighted by Gasteiger charge is 2.33. The average molecular weight is 254 g/mol. The molecule has 1 aromatic carbocycles. The number of para-hydroxylation sites is 1. The lowest BCUT2D eigenvalue weighted by atomic mass is 10.1. The predicted octanol–water partition coefficient (Wildman–Crippen LogP) is 2.82. The summed E-state index contributed by atoms with van der Waals surface area (Å²) in [6.45, 7) is 0. The number of aromatic nitrogens is 2. The summed E-state index contributed by atoms with van der Waals surface area (Å²) in [4.78, 5) is 7.57. The molecule has 2 aromatic rings. The van der Waals surface area contributed by atoms with Crippen LogP contribution in [0.2, 0.25) is 0 Å². The van der Waals surface area contributed by atoms with Gasteiger partial charge in [-0.1, -0.05) is 12.1 Å². The Balaban J connectivity index is 2.35. The van der Waals surface area contributed by atoms with Crippen LogP contribution >= 0.6 is 0 Å². The zero-order valence-corrected chi connectivity index (χ0v) is 9.07. The van der Waals surface area contributed by atoms with Gasteiger partial charge in [0.15, 0.2) is 5.82 Å². The summed E-state index contributed by atoms with van der Waals surface area (Å²) in [6.07, 6.45) is -1.83. The van der Waals surface area contributed by atoms with Crippen molar-refractivity contribution in [3.63, 3.8) is 0 Å². The fraction of sp³-hybridized carbons (Fsp3) is 0.0909. The number of rotatable bonds is 2. The Morgan fingerprint density at radius 3 is 2.50 bits per heavy atom. The quantitative estimate of drug-likeness (QED) is 0.864. The highest BCUT2D eigenvalue weighted by atomic mass is 19.4. The summed E-state index contributed by atoms with van der Waals surface area (Å²) >= 11 is 0. The Hall–Kier alpha value is -2.31. The van der Waals surface area contributed by atoms with E-state index in [0.29, 0.717) is 0 Å². The zero-order chi connectivity index (χ0) is 13.2. The summed E-state index contributed by atoms with van der Waals surface area (Å²) in [7, 11) is 0. The monoisotopic (exact) mass is 254 g/mol. The van der Waals surface area contributed by atoms with E-state index in [4.69, 9.17) is 5.73 Å². The molecule has 0 atom stereocenters. The molecule has 7 heteroatoms. The Morgan fingerprint density at radius 2 is 1.83 bits per heavy atom. The Kier molecular flexibility index (Phi) is 3.05. The van der Waals surface area contributed by atoms with Crippen molar-refractivity contribution in [2.24, 2.45) is 0 Å². The highest BCUT2D eigenvalue weighted by Crippen LogP contribution is 2.35. The molecule has 1 heterocycles. The number of halogens is 3. The summed E-state index contributed by atoms with van der Waals surface area (Å²) in [5.41, 5.74) is 4.54. The molecule has 0 aliphatic carbocycles. The molecule has 18 heavy (non-hydrogen) atoms. The molecule has 0 saturated heterocycles. The topological polar surface area (TPSA) is 63.8 Å². The number of nitrogen functional groups attached to an aromatic ring is 1. The Labute approximate surface area is 101 Å². The second-order valence-electron chi connectivity index (χ2n) is 3.50. The van der Waals surface area contributed by atoms with Gasteiger partial charge in [0, 0.05) is 0 Å². The van der Waals surface area contributed by atoms with Gasteiger partial charge in [0.2, 0.25) is 0 Å². The average Bonchev–Trinajstić information content (AvgIpc) is 2.28. The van der Waals surface area contributed by atoms with Crippen LogP contribution in [0.1, 0.15) is 5.56 Å². The van der Waals surface area contributed by atoms with E-state index in [2.05, 4.69) is 15.3 Å². The lowest BCUT2D eigenvalue weighted by molar-refractivity contribution is -0.136. The van der Waals surface area contributed by atoms with Crippen LogP contribution in [0.4, 0.5) is 30.5 Å². The molecule has 4 nitrogen and oxygen atoms in total. The van der Waals surface area contributed by atoms with Gasteiger partial charge in [-0.05, 0) is 12.1 Å². The van der Waals surface area contributed by atoms with Crippen LogP contribution in [-0.4, -0.2) is 9.97 Å². The van der Waals surface area contributed by atoms with Crippen molar-refractivity contribution in [2.45, 2.75) is 6.18 Å². The third-order valence-corrected chi connectivity index (χ3v) is 2.15. The van der Waals surface area contributed by atoms with Crippen molar-refractivity contribution in [1.29, 1.82) is 0 Å².